The normalized spacial score (nSPS) is 14.0. The molecule has 0 radical (unpaired) electrons. The van der Waals surface area contributed by atoms with Gasteiger partial charge in [0.1, 0.15) is 12.1 Å². The van der Waals surface area contributed by atoms with Gasteiger partial charge < -0.3 is 21.7 Å². The summed E-state index contributed by atoms with van der Waals surface area (Å²) in [6, 6.07) is 1.94. The van der Waals surface area contributed by atoms with Gasteiger partial charge >= 0.3 is 5.97 Å². The summed E-state index contributed by atoms with van der Waals surface area (Å²) in [6.45, 7) is 0. The van der Waals surface area contributed by atoms with Crippen molar-refractivity contribution in [1.29, 1.82) is 0 Å². The Kier molecular flexibility index (Phi) is 6.55. The molecular formula is C13H18Cl2N2O3. The molecule has 0 amide bonds. The molecule has 6 N–H and O–H groups in total. The number of aliphatic carboxylic acids is 1. The van der Waals surface area contributed by atoms with Gasteiger partial charge in [0.15, 0.2) is 0 Å². The van der Waals surface area contributed by atoms with Crippen LogP contribution in [-0.4, -0.2) is 34.0 Å². The molecule has 0 saturated carbocycles. The second-order valence-electron chi connectivity index (χ2n) is 4.39. The summed E-state index contributed by atoms with van der Waals surface area (Å²) in [5.74, 6) is -0.560. The van der Waals surface area contributed by atoms with Gasteiger partial charge in [0.05, 0.1) is 0 Å². The maximum atomic E-state index is 10.9. The number of carbonyl (C=O) groups is 1. The Morgan fingerprint density at radius 1 is 1.25 bits per heavy atom. The van der Waals surface area contributed by atoms with Crippen molar-refractivity contribution in [2.75, 3.05) is 17.5 Å². The van der Waals surface area contributed by atoms with E-state index in [4.69, 9.17) is 39.8 Å². The average molecular weight is 321 g/mol. The molecule has 0 aliphatic carbocycles. The van der Waals surface area contributed by atoms with E-state index in [0.29, 0.717) is 41.4 Å². The minimum absolute atomic E-state index is 0.302. The number of anilines is 1. The molecule has 0 bridgehead atoms. The quantitative estimate of drug-likeness (QED) is 0.447. The van der Waals surface area contributed by atoms with E-state index < -0.39 is 18.1 Å². The Bertz CT molecular complexity index is 483. The van der Waals surface area contributed by atoms with E-state index in [9.17, 15) is 9.90 Å². The molecule has 2 atom stereocenters. The number of benzene rings is 1. The molecule has 2 unspecified atom stereocenters. The van der Waals surface area contributed by atoms with Crippen LogP contribution in [0.4, 0.5) is 5.69 Å². The van der Waals surface area contributed by atoms with Gasteiger partial charge in [-0.15, -0.1) is 23.2 Å². The Labute approximate surface area is 127 Å². The smallest absolute Gasteiger partial charge is 0.323 e. The summed E-state index contributed by atoms with van der Waals surface area (Å²) in [7, 11) is 0. The first-order chi connectivity index (χ1) is 9.43. The van der Waals surface area contributed by atoms with Crippen molar-refractivity contribution in [2.45, 2.75) is 25.0 Å². The van der Waals surface area contributed by atoms with Crippen molar-refractivity contribution in [3.05, 3.63) is 28.8 Å². The lowest BCUT2D eigenvalue weighted by Gasteiger charge is -2.21. The van der Waals surface area contributed by atoms with E-state index in [-0.39, 0.29) is 0 Å². The van der Waals surface area contributed by atoms with Crippen molar-refractivity contribution in [3.8, 4) is 0 Å². The van der Waals surface area contributed by atoms with Gasteiger partial charge in [-0.05, 0) is 29.5 Å². The molecule has 112 valence electrons. The summed E-state index contributed by atoms with van der Waals surface area (Å²) in [5, 5.41) is 19.0. The van der Waals surface area contributed by atoms with Gasteiger partial charge in [-0.1, -0.05) is 12.1 Å². The summed E-state index contributed by atoms with van der Waals surface area (Å²) >= 11 is 11.4. The largest absolute Gasteiger partial charge is 0.480 e. The predicted octanol–water partition coefficient (Wildman–Crippen LogP) is 1.28. The number of halogens is 2. The number of nitrogen functional groups attached to an aromatic ring is 1. The number of alkyl halides is 2. The predicted molar refractivity (Wildman–Crippen MR) is 80.3 cm³/mol. The molecule has 0 aliphatic heterocycles. The van der Waals surface area contributed by atoms with E-state index >= 15 is 0 Å². The third-order valence-electron chi connectivity index (χ3n) is 3.14. The second-order valence-corrected chi connectivity index (χ2v) is 5.15. The molecule has 1 rings (SSSR count). The standard InChI is InChI=1S/C13H18Cl2N2O3/c14-5-3-7-1-2-9(8(4-6-15)10(7)16)12(18)11(17)13(19)20/h1-2,11-12,18H,3-6,16-17H2,(H,19,20). The van der Waals surface area contributed by atoms with Crippen LogP contribution in [0.2, 0.25) is 0 Å². The second kappa shape index (κ2) is 7.69. The van der Waals surface area contributed by atoms with E-state index in [2.05, 4.69) is 0 Å². The minimum atomic E-state index is -1.41. The van der Waals surface area contributed by atoms with Crippen LogP contribution < -0.4 is 11.5 Å². The Balaban J connectivity index is 3.25. The van der Waals surface area contributed by atoms with Crippen LogP contribution in [0, 0.1) is 0 Å². The van der Waals surface area contributed by atoms with Crippen LogP contribution in [0.3, 0.4) is 0 Å². The minimum Gasteiger partial charge on any atom is -0.480 e. The molecule has 5 nitrogen and oxygen atoms in total. The molecule has 0 spiro atoms. The SMILES string of the molecule is Nc1c(CCCl)ccc(C(O)C(N)C(=O)O)c1CCCl. The fourth-order valence-corrected chi connectivity index (χ4v) is 2.42. The number of aliphatic hydroxyl groups excluding tert-OH is 1. The molecule has 0 fully saturated rings. The molecule has 0 heterocycles. The van der Waals surface area contributed by atoms with E-state index in [1.54, 1.807) is 12.1 Å². The zero-order valence-electron chi connectivity index (χ0n) is 10.9. The Morgan fingerprint density at radius 3 is 2.35 bits per heavy atom. The van der Waals surface area contributed by atoms with Crippen molar-refractivity contribution < 1.29 is 15.0 Å². The molecule has 1 aromatic rings. The number of hydrogen-bond acceptors (Lipinski definition) is 4. The van der Waals surface area contributed by atoms with Crippen molar-refractivity contribution in [2.24, 2.45) is 5.73 Å². The number of hydrogen-bond donors (Lipinski definition) is 4. The highest BCUT2D eigenvalue weighted by Gasteiger charge is 2.26. The van der Waals surface area contributed by atoms with Gasteiger partial charge in [-0.3, -0.25) is 4.79 Å². The summed E-state index contributed by atoms with van der Waals surface area (Å²) in [6.07, 6.45) is -0.329. The highest BCUT2D eigenvalue weighted by atomic mass is 35.5. The van der Waals surface area contributed by atoms with E-state index in [1.165, 1.54) is 0 Å². The lowest BCUT2D eigenvalue weighted by molar-refractivity contribution is -0.141. The number of aryl methyl sites for hydroxylation is 1. The first kappa shape index (κ1) is 17.0. The van der Waals surface area contributed by atoms with Crippen molar-refractivity contribution in [1.82, 2.24) is 0 Å². The Morgan fingerprint density at radius 2 is 1.85 bits per heavy atom. The number of carboxylic acids is 1. The molecule has 7 heteroatoms. The first-order valence-electron chi connectivity index (χ1n) is 6.12. The fraction of sp³-hybridized carbons (Fsp3) is 0.462. The van der Waals surface area contributed by atoms with Gasteiger partial charge in [-0.25, -0.2) is 0 Å². The van der Waals surface area contributed by atoms with Crippen LogP contribution in [0.15, 0.2) is 12.1 Å². The zero-order chi connectivity index (χ0) is 15.3. The highest BCUT2D eigenvalue weighted by Crippen LogP contribution is 2.29. The van der Waals surface area contributed by atoms with Gasteiger partial charge in [0, 0.05) is 17.4 Å². The third-order valence-corrected chi connectivity index (χ3v) is 3.51. The van der Waals surface area contributed by atoms with Crippen LogP contribution in [0.25, 0.3) is 0 Å². The van der Waals surface area contributed by atoms with Crippen LogP contribution in [0.1, 0.15) is 22.8 Å². The molecule has 1 aromatic carbocycles. The summed E-state index contributed by atoms with van der Waals surface area (Å²) in [4.78, 5) is 10.9. The number of aliphatic hydroxyl groups is 1. The molecule has 0 aliphatic rings. The number of rotatable bonds is 7. The van der Waals surface area contributed by atoms with Crippen LogP contribution in [0.5, 0.6) is 0 Å². The van der Waals surface area contributed by atoms with Crippen LogP contribution >= 0.6 is 23.2 Å². The van der Waals surface area contributed by atoms with Crippen molar-refractivity contribution >= 4 is 34.9 Å². The first-order valence-corrected chi connectivity index (χ1v) is 7.19. The summed E-state index contributed by atoms with van der Waals surface area (Å²) in [5.41, 5.74) is 13.9. The average Bonchev–Trinajstić information content (AvgIpc) is 2.42. The molecule has 0 saturated heterocycles. The Hall–Kier alpha value is -1.01. The maximum Gasteiger partial charge on any atom is 0.323 e. The molecule has 0 aromatic heterocycles. The lowest BCUT2D eigenvalue weighted by atomic mass is 9.92. The maximum absolute atomic E-state index is 10.9. The highest BCUT2D eigenvalue weighted by molar-refractivity contribution is 6.18. The van der Waals surface area contributed by atoms with Crippen molar-refractivity contribution in [3.63, 3.8) is 0 Å². The van der Waals surface area contributed by atoms with Crippen LogP contribution in [-0.2, 0) is 17.6 Å². The van der Waals surface area contributed by atoms with Gasteiger partial charge in [0.25, 0.3) is 0 Å². The third kappa shape index (κ3) is 3.76. The topological polar surface area (TPSA) is 110 Å². The molecule has 20 heavy (non-hydrogen) atoms. The van der Waals surface area contributed by atoms with E-state index in [1.807, 2.05) is 0 Å². The fourth-order valence-electron chi connectivity index (χ4n) is 2.03. The van der Waals surface area contributed by atoms with Gasteiger partial charge in [0.2, 0.25) is 0 Å². The van der Waals surface area contributed by atoms with E-state index in [0.717, 1.165) is 5.56 Å². The summed E-state index contributed by atoms with van der Waals surface area (Å²) < 4.78 is 0. The van der Waals surface area contributed by atoms with Gasteiger partial charge in [-0.2, -0.15) is 0 Å². The number of nitrogens with two attached hydrogens (primary N) is 2. The number of carboxylic acid groups (broad SMARTS) is 1. The lowest BCUT2D eigenvalue weighted by Crippen LogP contribution is -2.37. The molecular weight excluding hydrogens is 303 g/mol. The zero-order valence-corrected chi connectivity index (χ0v) is 12.4. The monoisotopic (exact) mass is 320 g/mol.